The van der Waals surface area contributed by atoms with Gasteiger partial charge < -0.3 is 40.6 Å². The van der Waals surface area contributed by atoms with Gasteiger partial charge in [-0.05, 0) is 54.4 Å². The zero-order valence-corrected chi connectivity index (χ0v) is 16.9. The Balaban J connectivity index is 1.74. The standard InChI is InChI=1S/C22H26N2O7/c1-23-21(29)14-3-2-4-16-15(14)11-17(24-16)12-5-7-13(8-6-12)31-22(30)20(28)19(27)18(26)9-10-25/h2-8,11,18-20,22,24-28,30H,9-10H2,1H3,(H,23,29). The molecular formula is C22H26N2O7. The van der Waals surface area contributed by atoms with E-state index < -0.39 is 24.6 Å². The van der Waals surface area contributed by atoms with Crippen molar-refractivity contribution in [2.75, 3.05) is 13.7 Å². The van der Waals surface area contributed by atoms with Crippen LogP contribution in [0.1, 0.15) is 16.8 Å². The maximum absolute atomic E-state index is 12.1. The SMILES string of the molecule is CNC(=O)c1cccc2[nH]c(-c3ccc(OC(O)C(O)C(O)C(O)CCO)cc3)cc12. The number of carbonyl (C=O) groups excluding carboxylic acids is 1. The van der Waals surface area contributed by atoms with Crippen molar-refractivity contribution < 1.29 is 35.1 Å². The maximum atomic E-state index is 12.1. The number of aromatic amines is 1. The third kappa shape index (κ3) is 5.04. The fraction of sp³-hybridized carbons (Fsp3) is 0.318. The number of aromatic nitrogens is 1. The minimum Gasteiger partial charge on any atom is -0.462 e. The van der Waals surface area contributed by atoms with Crippen LogP contribution in [-0.4, -0.2) is 74.7 Å². The number of ether oxygens (including phenoxy) is 1. The average Bonchev–Trinajstić information content (AvgIpc) is 3.22. The second-order valence-corrected chi connectivity index (χ2v) is 7.12. The summed E-state index contributed by atoms with van der Waals surface area (Å²) in [5.41, 5.74) is 2.95. The van der Waals surface area contributed by atoms with Crippen molar-refractivity contribution in [3.05, 3.63) is 54.1 Å². The van der Waals surface area contributed by atoms with Gasteiger partial charge in [-0.3, -0.25) is 4.79 Å². The molecule has 9 nitrogen and oxygen atoms in total. The smallest absolute Gasteiger partial charge is 0.251 e. The maximum Gasteiger partial charge on any atom is 0.251 e. The monoisotopic (exact) mass is 430 g/mol. The molecule has 7 N–H and O–H groups in total. The first kappa shape index (κ1) is 22.7. The van der Waals surface area contributed by atoms with E-state index in [1.165, 1.54) is 0 Å². The first-order chi connectivity index (χ1) is 14.8. The number of carbonyl (C=O) groups is 1. The Morgan fingerprint density at radius 3 is 2.42 bits per heavy atom. The number of benzene rings is 2. The Labute approximate surface area is 178 Å². The van der Waals surface area contributed by atoms with Gasteiger partial charge in [0.1, 0.15) is 18.0 Å². The van der Waals surface area contributed by atoms with Gasteiger partial charge in [0, 0.05) is 35.8 Å². The molecule has 0 spiro atoms. The highest BCUT2D eigenvalue weighted by atomic mass is 16.6. The van der Waals surface area contributed by atoms with Gasteiger partial charge in [0.2, 0.25) is 6.29 Å². The van der Waals surface area contributed by atoms with Crippen molar-refractivity contribution in [3.8, 4) is 17.0 Å². The third-order valence-corrected chi connectivity index (χ3v) is 5.02. The normalized spacial score (nSPS) is 15.3. The molecule has 1 aromatic heterocycles. The number of H-pyrrole nitrogens is 1. The van der Waals surface area contributed by atoms with E-state index in [1.807, 2.05) is 12.1 Å². The molecule has 1 amide bonds. The number of amides is 1. The molecule has 0 aliphatic heterocycles. The van der Waals surface area contributed by atoms with Crippen LogP contribution in [-0.2, 0) is 0 Å². The molecule has 4 unspecified atom stereocenters. The number of rotatable bonds is 9. The van der Waals surface area contributed by atoms with E-state index in [-0.39, 0.29) is 24.7 Å². The van der Waals surface area contributed by atoms with E-state index in [9.17, 15) is 25.2 Å². The highest BCUT2D eigenvalue weighted by Gasteiger charge is 2.31. The van der Waals surface area contributed by atoms with Gasteiger partial charge in [-0.25, -0.2) is 0 Å². The minimum absolute atomic E-state index is 0.147. The first-order valence-electron chi connectivity index (χ1n) is 9.79. The summed E-state index contributed by atoms with van der Waals surface area (Å²) in [7, 11) is 1.57. The Bertz CT molecular complexity index is 1020. The molecule has 0 fully saturated rings. The number of aliphatic hydroxyl groups excluding tert-OH is 5. The number of fused-ring (bicyclic) bond motifs is 1. The topological polar surface area (TPSA) is 155 Å². The lowest BCUT2D eigenvalue weighted by atomic mass is 10.1. The van der Waals surface area contributed by atoms with E-state index in [0.29, 0.717) is 5.56 Å². The second-order valence-electron chi connectivity index (χ2n) is 7.12. The predicted octanol–water partition coefficient (Wildman–Crippen LogP) is 0.357. The van der Waals surface area contributed by atoms with Gasteiger partial charge in [-0.15, -0.1) is 0 Å². The molecule has 2 aromatic carbocycles. The van der Waals surface area contributed by atoms with Gasteiger partial charge in [0.15, 0.2) is 0 Å². The molecule has 0 aliphatic rings. The van der Waals surface area contributed by atoms with Gasteiger partial charge in [0.05, 0.1) is 6.10 Å². The molecule has 4 atom stereocenters. The van der Waals surface area contributed by atoms with E-state index in [1.54, 1.807) is 43.4 Å². The van der Waals surface area contributed by atoms with Crippen molar-refractivity contribution in [3.63, 3.8) is 0 Å². The summed E-state index contributed by atoms with van der Waals surface area (Å²) in [5.74, 6) is 0.0556. The van der Waals surface area contributed by atoms with Crippen LogP contribution in [0.2, 0.25) is 0 Å². The van der Waals surface area contributed by atoms with Gasteiger partial charge in [-0.1, -0.05) is 6.07 Å². The van der Waals surface area contributed by atoms with E-state index in [2.05, 4.69) is 10.3 Å². The Morgan fingerprint density at radius 1 is 1.06 bits per heavy atom. The summed E-state index contributed by atoms with van der Waals surface area (Å²) in [6.45, 7) is -0.373. The summed E-state index contributed by atoms with van der Waals surface area (Å²) >= 11 is 0. The van der Waals surface area contributed by atoms with Gasteiger partial charge in [-0.2, -0.15) is 0 Å². The van der Waals surface area contributed by atoms with Crippen molar-refractivity contribution >= 4 is 16.8 Å². The van der Waals surface area contributed by atoms with Crippen LogP contribution >= 0.6 is 0 Å². The second kappa shape index (κ2) is 9.90. The Hall–Kier alpha value is -2.95. The molecule has 0 bridgehead atoms. The summed E-state index contributed by atoms with van der Waals surface area (Å²) in [4.78, 5) is 15.3. The molecular weight excluding hydrogens is 404 g/mol. The largest absolute Gasteiger partial charge is 0.462 e. The van der Waals surface area contributed by atoms with E-state index in [4.69, 9.17) is 9.84 Å². The van der Waals surface area contributed by atoms with Gasteiger partial charge in [0.25, 0.3) is 5.91 Å². The molecule has 3 aromatic rings. The van der Waals surface area contributed by atoms with Crippen molar-refractivity contribution in [2.45, 2.75) is 31.0 Å². The quantitative estimate of drug-likeness (QED) is 0.242. The molecule has 31 heavy (non-hydrogen) atoms. The first-order valence-corrected chi connectivity index (χ1v) is 9.79. The summed E-state index contributed by atoms with van der Waals surface area (Å²) in [6, 6.07) is 13.9. The van der Waals surface area contributed by atoms with Crippen LogP contribution in [0.5, 0.6) is 5.75 Å². The lowest BCUT2D eigenvalue weighted by Gasteiger charge is -2.26. The fourth-order valence-electron chi connectivity index (χ4n) is 3.26. The van der Waals surface area contributed by atoms with Crippen LogP contribution in [0.4, 0.5) is 0 Å². The average molecular weight is 430 g/mol. The number of aliphatic hydroxyl groups is 5. The molecule has 1 heterocycles. The predicted molar refractivity (Wildman–Crippen MR) is 113 cm³/mol. The summed E-state index contributed by atoms with van der Waals surface area (Å²) in [5, 5.41) is 51.6. The van der Waals surface area contributed by atoms with Crippen LogP contribution in [0.25, 0.3) is 22.2 Å². The number of nitrogens with one attached hydrogen (secondary N) is 2. The highest BCUT2D eigenvalue weighted by Crippen LogP contribution is 2.28. The number of hydrogen-bond acceptors (Lipinski definition) is 7. The van der Waals surface area contributed by atoms with Crippen molar-refractivity contribution in [2.24, 2.45) is 0 Å². The fourth-order valence-corrected chi connectivity index (χ4v) is 3.26. The van der Waals surface area contributed by atoms with Crippen LogP contribution in [0.15, 0.2) is 48.5 Å². The molecule has 9 heteroatoms. The lowest BCUT2D eigenvalue weighted by molar-refractivity contribution is -0.166. The molecule has 0 radical (unpaired) electrons. The zero-order valence-electron chi connectivity index (χ0n) is 16.9. The molecule has 0 saturated carbocycles. The molecule has 3 rings (SSSR count). The van der Waals surface area contributed by atoms with Crippen molar-refractivity contribution in [1.29, 1.82) is 0 Å². The van der Waals surface area contributed by atoms with Crippen LogP contribution in [0.3, 0.4) is 0 Å². The Kier molecular flexibility index (Phi) is 7.26. The zero-order chi connectivity index (χ0) is 22.5. The molecule has 0 aliphatic carbocycles. The van der Waals surface area contributed by atoms with E-state index >= 15 is 0 Å². The summed E-state index contributed by atoms with van der Waals surface area (Å²) < 4.78 is 5.25. The van der Waals surface area contributed by atoms with Crippen LogP contribution < -0.4 is 10.1 Å². The van der Waals surface area contributed by atoms with Crippen LogP contribution in [0, 0.1) is 0 Å². The third-order valence-electron chi connectivity index (χ3n) is 5.02. The van der Waals surface area contributed by atoms with Crippen molar-refractivity contribution in [1.82, 2.24) is 10.3 Å². The van der Waals surface area contributed by atoms with Gasteiger partial charge >= 0.3 is 0 Å². The molecule has 0 saturated heterocycles. The Morgan fingerprint density at radius 2 is 1.77 bits per heavy atom. The van der Waals surface area contributed by atoms with E-state index in [0.717, 1.165) is 22.2 Å². The molecule has 166 valence electrons. The highest BCUT2D eigenvalue weighted by molar-refractivity contribution is 6.07. The minimum atomic E-state index is -1.78. The number of hydrogen-bond donors (Lipinski definition) is 7. The lowest BCUT2D eigenvalue weighted by Crippen LogP contribution is -2.46. The summed E-state index contributed by atoms with van der Waals surface area (Å²) in [6.07, 6.45) is -6.77.